The molecule has 0 saturated carbocycles. The zero-order chi connectivity index (χ0) is 38.6. The van der Waals surface area contributed by atoms with Gasteiger partial charge in [0.15, 0.2) is 41.9 Å². The summed E-state index contributed by atoms with van der Waals surface area (Å²) in [5.74, 6) is -2.37. The van der Waals surface area contributed by atoms with Crippen molar-refractivity contribution in [1.82, 2.24) is 0 Å². The minimum absolute atomic E-state index is 0.130. The summed E-state index contributed by atoms with van der Waals surface area (Å²) in [7, 11) is 0. The minimum Gasteiger partial charge on any atom is -0.504 e. The van der Waals surface area contributed by atoms with Gasteiger partial charge < -0.3 is 89.3 Å². The van der Waals surface area contributed by atoms with Crippen LogP contribution in [0, 0.1) is 0 Å². The Bertz CT molecular complexity index is 1570. The molecule has 3 aliphatic heterocycles. The van der Waals surface area contributed by atoms with E-state index in [1.807, 2.05) is 0 Å². The number of benzene rings is 2. The number of aromatic hydroxyl groups is 4. The molecule has 0 spiro atoms. The molecule has 5 rings (SSSR count). The van der Waals surface area contributed by atoms with Crippen LogP contribution in [-0.2, 0) is 44.4 Å². The monoisotopic (exact) mass is 756 g/mol. The number of phenolic OH excluding ortho intramolecular Hbond substituents is 4. The summed E-state index contributed by atoms with van der Waals surface area (Å²) in [6.07, 6.45) is -16.8. The summed E-state index contributed by atoms with van der Waals surface area (Å²) >= 11 is 0. The Morgan fingerprint density at radius 1 is 0.830 bits per heavy atom. The maximum absolute atomic E-state index is 12.6. The van der Waals surface area contributed by atoms with Crippen molar-refractivity contribution in [2.24, 2.45) is 0 Å². The number of ether oxygens (including phenoxy) is 7. The van der Waals surface area contributed by atoms with Gasteiger partial charge in [0.1, 0.15) is 61.0 Å². The van der Waals surface area contributed by atoms with Gasteiger partial charge in [0, 0.05) is 6.08 Å². The van der Waals surface area contributed by atoms with Gasteiger partial charge >= 0.3 is 5.97 Å². The molecule has 19 heteroatoms. The van der Waals surface area contributed by atoms with Gasteiger partial charge in [0.25, 0.3) is 0 Å². The van der Waals surface area contributed by atoms with Crippen LogP contribution >= 0.6 is 0 Å². The van der Waals surface area contributed by atoms with Crippen molar-refractivity contribution < 1.29 is 94.1 Å². The van der Waals surface area contributed by atoms with Gasteiger partial charge in [-0.2, -0.15) is 0 Å². The van der Waals surface area contributed by atoms with E-state index in [0.717, 1.165) is 6.08 Å². The second kappa shape index (κ2) is 17.2. The number of rotatable bonds is 13. The molecule has 3 saturated heterocycles. The number of esters is 1. The second-order valence-electron chi connectivity index (χ2n) is 13.0. The van der Waals surface area contributed by atoms with Crippen LogP contribution in [-0.4, -0.2) is 168 Å². The summed E-state index contributed by atoms with van der Waals surface area (Å²) in [6, 6.07) is 7.94. The lowest BCUT2D eigenvalue weighted by Crippen LogP contribution is -2.65. The standard InChI is InChI=1S/C34H44O19/c1-15-24(41)28(53-33-30(45)34(46,13-35)14-49-33)27(44)32(50-15)52-29-25(42)22(12-48-23(40)7-4-16-2-5-18(36)20(38)10-16)51-31(26(29)43)47-9-8-17-3-6-19(37)21(39)11-17/h2-7,10-11,15,22,24-33,35-39,41-46H,8-9,12-14H2,1H3/b7-4+/t15-,22-,24+,25-,26-,27-,28-,29+,30+,31-,32+,33+,34?/m1/s1. The first kappa shape index (κ1) is 40.5. The zero-order valence-electron chi connectivity index (χ0n) is 28.3. The zero-order valence-corrected chi connectivity index (χ0v) is 28.3. The number of hydrogen-bond acceptors (Lipinski definition) is 19. The smallest absolute Gasteiger partial charge is 0.330 e. The van der Waals surface area contributed by atoms with Crippen molar-refractivity contribution in [3.63, 3.8) is 0 Å². The minimum atomic E-state index is -2.07. The van der Waals surface area contributed by atoms with Gasteiger partial charge in [-0.15, -0.1) is 0 Å². The van der Waals surface area contributed by atoms with E-state index in [2.05, 4.69) is 0 Å². The van der Waals surface area contributed by atoms with E-state index in [9.17, 15) is 61.0 Å². The molecule has 3 aliphatic rings. The topological polar surface area (TPSA) is 304 Å². The Balaban J connectivity index is 1.29. The molecule has 11 N–H and O–H groups in total. The molecule has 3 heterocycles. The van der Waals surface area contributed by atoms with E-state index in [4.69, 9.17) is 33.2 Å². The van der Waals surface area contributed by atoms with Crippen LogP contribution in [0.3, 0.4) is 0 Å². The molecule has 19 nitrogen and oxygen atoms in total. The highest BCUT2D eigenvalue weighted by Crippen LogP contribution is 2.34. The molecule has 3 fully saturated rings. The van der Waals surface area contributed by atoms with Crippen molar-refractivity contribution in [3.8, 4) is 23.0 Å². The van der Waals surface area contributed by atoms with Gasteiger partial charge in [0.2, 0.25) is 0 Å². The molecule has 13 atom stereocenters. The number of carbonyl (C=O) groups excluding carboxylic acids is 1. The third kappa shape index (κ3) is 9.35. The molecule has 0 bridgehead atoms. The fourth-order valence-corrected chi connectivity index (χ4v) is 5.87. The lowest BCUT2D eigenvalue weighted by atomic mass is 9.96. The van der Waals surface area contributed by atoms with E-state index in [0.29, 0.717) is 11.1 Å². The average Bonchev–Trinajstić information content (AvgIpc) is 3.42. The van der Waals surface area contributed by atoms with Gasteiger partial charge in [0.05, 0.1) is 25.9 Å². The quantitative estimate of drug-likeness (QED) is 0.0569. The second-order valence-corrected chi connectivity index (χ2v) is 13.0. The van der Waals surface area contributed by atoms with Gasteiger partial charge in [-0.05, 0) is 54.8 Å². The summed E-state index contributed by atoms with van der Waals surface area (Å²) in [5.41, 5.74) is -1.17. The lowest BCUT2D eigenvalue weighted by molar-refractivity contribution is -0.366. The van der Waals surface area contributed by atoms with E-state index < -0.39 is 111 Å². The van der Waals surface area contributed by atoms with Gasteiger partial charge in [-0.25, -0.2) is 4.79 Å². The van der Waals surface area contributed by atoms with Crippen molar-refractivity contribution >= 4 is 12.0 Å². The number of carbonyl (C=O) groups is 1. The van der Waals surface area contributed by atoms with Crippen LogP contribution in [0.25, 0.3) is 6.08 Å². The van der Waals surface area contributed by atoms with E-state index in [-0.39, 0.29) is 30.3 Å². The molecule has 0 amide bonds. The number of phenols is 4. The summed E-state index contributed by atoms with van der Waals surface area (Å²) in [6.45, 7) is -0.723. The third-order valence-electron chi connectivity index (χ3n) is 9.10. The normalized spacial score (nSPS) is 36.2. The molecule has 294 valence electrons. The molecule has 0 aliphatic carbocycles. The van der Waals surface area contributed by atoms with E-state index in [1.54, 1.807) is 0 Å². The summed E-state index contributed by atoms with van der Waals surface area (Å²) < 4.78 is 39.1. The van der Waals surface area contributed by atoms with Crippen LogP contribution in [0.15, 0.2) is 42.5 Å². The maximum Gasteiger partial charge on any atom is 0.330 e. The summed E-state index contributed by atoms with van der Waals surface area (Å²) in [5, 5.41) is 113. The van der Waals surface area contributed by atoms with Crippen molar-refractivity contribution in [1.29, 1.82) is 0 Å². The SMILES string of the molecule is C[C@H]1O[C@@H](O[C@@H]2[C@@H](O)[C@H](OCCc3ccc(O)c(O)c3)O[C@H](COC(=O)/C=C/c3ccc(O)c(O)c3)[C@H]2O)[C@H](O)[C@H](O[C@@H]2OCC(O)(CO)[C@H]2O)[C@H]1O. The lowest BCUT2D eigenvalue weighted by Gasteiger charge is -2.46. The highest BCUT2D eigenvalue weighted by atomic mass is 16.8. The average molecular weight is 757 g/mol. The van der Waals surface area contributed by atoms with Crippen molar-refractivity contribution in [2.75, 3.05) is 26.4 Å². The molecule has 1 unspecified atom stereocenters. The highest BCUT2D eigenvalue weighted by molar-refractivity contribution is 5.87. The fourth-order valence-electron chi connectivity index (χ4n) is 5.87. The van der Waals surface area contributed by atoms with Gasteiger partial charge in [-0.1, -0.05) is 12.1 Å². The molecule has 53 heavy (non-hydrogen) atoms. The van der Waals surface area contributed by atoms with Crippen LogP contribution in [0.5, 0.6) is 23.0 Å². The third-order valence-corrected chi connectivity index (χ3v) is 9.10. The van der Waals surface area contributed by atoms with E-state index >= 15 is 0 Å². The molecule has 2 aromatic rings. The predicted molar refractivity (Wildman–Crippen MR) is 174 cm³/mol. The number of hydrogen-bond donors (Lipinski definition) is 11. The summed E-state index contributed by atoms with van der Waals surface area (Å²) in [4.78, 5) is 12.6. The first-order chi connectivity index (χ1) is 25.1. The largest absolute Gasteiger partial charge is 0.504 e. The maximum atomic E-state index is 12.6. The van der Waals surface area contributed by atoms with Crippen LogP contribution < -0.4 is 0 Å². The Hall–Kier alpha value is -3.67. The Labute approximate surface area is 302 Å². The molecular weight excluding hydrogens is 712 g/mol. The van der Waals surface area contributed by atoms with Crippen molar-refractivity contribution in [2.45, 2.75) is 92.8 Å². The van der Waals surface area contributed by atoms with Crippen LogP contribution in [0.1, 0.15) is 18.1 Å². The molecule has 0 aromatic heterocycles. The van der Waals surface area contributed by atoms with Crippen LogP contribution in [0.2, 0.25) is 0 Å². The van der Waals surface area contributed by atoms with E-state index in [1.165, 1.54) is 49.4 Å². The Morgan fingerprint density at radius 3 is 2.13 bits per heavy atom. The Morgan fingerprint density at radius 2 is 1.47 bits per heavy atom. The van der Waals surface area contributed by atoms with Crippen LogP contribution in [0.4, 0.5) is 0 Å². The van der Waals surface area contributed by atoms with Gasteiger partial charge in [-0.3, -0.25) is 0 Å². The fraction of sp³-hybridized carbons (Fsp3) is 0.559. The molecule has 0 radical (unpaired) electrons. The van der Waals surface area contributed by atoms with Crippen molar-refractivity contribution in [3.05, 3.63) is 53.6 Å². The Kier molecular flexibility index (Phi) is 13.2. The number of aliphatic hydroxyl groups excluding tert-OH is 6. The molecular formula is C34H44O19. The predicted octanol–water partition coefficient (Wildman–Crippen LogP) is -2.55. The molecule has 2 aromatic carbocycles. The highest BCUT2D eigenvalue weighted by Gasteiger charge is 2.54. The first-order valence-corrected chi connectivity index (χ1v) is 16.6. The number of aliphatic hydroxyl groups is 7. The first-order valence-electron chi connectivity index (χ1n) is 16.6.